The van der Waals surface area contributed by atoms with Gasteiger partial charge in [-0.15, -0.1) is 0 Å². The lowest BCUT2D eigenvalue weighted by molar-refractivity contribution is 1.09. The first-order chi connectivity index (χ1) is 29.8. The minimum absolute atomic E-state index is 0.867. The van der Waals surface area contributed by atoms with Gasteiger partial charge in [0, 0.05) is 33.5 Å². The van der Waals surface area contributed by atoms with Gasteiger partial charge in [-0.05, 0) is 101 Å². The second-order valence-electron chi connectivity index (χ2n) is 15.3. The number of aromatic nitrogens is 4. The molecule has 3 aromatic heterocycles. The van der Waals surface area contributed by atoms with E-state index in [4.69, 9.17) is 4.98 Å². The maximum absolute atomic E-state index is 5.36. The average molecular weight is 768 g/mol. The minimum Gasteiger partial charge on any atom is -0.310 e. The van der Waals surface area contributed by atoms with Crippen molar-refractivity contribution < 1.29 is 0 Å². The van der Waals surface area contributed by atoms with Crippen molar-refractivity contribution >= 4 is 66.7 Å². The Morgan fingerprint density at radius 3 is 1.55 bits per heavy atom. The molecule has 12 aromatic rings. The number of hydrogen-bond acceptors (Lipinski definition) is 2. The molecule has 0 amide bonds. The Hall–Kier alpha value is -8.15. The van der Waals surface area contributed by atoms with Gasteiger partial charge in [0.2, 0.25) is 5.78 Å². The quantitative estimate of drug-likeness (QED) is 0.162. The van der Waals surface area contributed by atoms with E-state index in [1.165, 1.54) is 38.5 Å². The van der Waals surface area contributed by atoms with Crippen LogP contribution in [0.25, 0.3) is 83.3 Å². The zero-order chi connectivity index (χ0) is 39.6. The Kier molecular flexibility index (Phi) is 7.78. The lowest BCUT2D eigenvalue weighted by Crippen LogP contribution is -2.10. The molecule has 0 bridgehead atoms. The van der Waals surface area contributed by atoms with Crippen LogP contribution in [0.15, 0.2) is 224 Å². The largest absolute Gasteiger partial charge is 0.310 e. The normalized spacial score (nSPS) is 11.7. The van der Waals surface area contributed by atoms with Gasteiger partial charge in [0.15, 0.2) is 0 Å². The molecule has 5 nitrogen and oxygen atoms in total. The summed E-state index contributed by atoms with van der Waals surface area (Å²) in [5.41, 5.74) is 16.6. The third-order valence-electron chi connectivity index (χ3n) is 11.8. The molecule has 0 aliphatic carbocycles. The van der Waals surface area contributed by atoms with E-state index in [1.54, 1.807) is 0 Å². The summed E-state index contributed by atoms with van der Waals surface area (Å²) < 4.78 is 7.09. The van der Waals surface area contributed by atoms with Crippen molar-refractivity contribution in [3.05, 3.63) is 224 Å². The van der Waals surface area contributed by atoms with E-state index >= 15 is 0 Å². The predicted octanol–water partition coefficient (Wildman–Crippen LogP) is 14.3. The number of rotatable bonds is 7. The van der Waals surface area contributed by atoms with E-state index in [1.807, 2.05) is 0 Å². The first kappa shape index (κ1) is 33.9. The molecule has 0 atom stereocenters. The highest BCUT2D eigenvalue weighted by Crippen LogP contribution is 2.42. The number of para-hydroxylation sites is 5. The van der Waals surface area contributed by atoms with Crippen LogP contribution in [-0.2, 0) is 0 Å². The van der Waals surface area contributed by atoms with E-state index in [0.29, 0.717) is 0 Å². The number of anilines is 3. The lowest BCUT2D eigenvalue weighted by Gasteiger charge is -2.26. The summed E-state index contributed by atoms with van der Waals surface area (Å²) in [6.45, 7) is 0. The molecular weight excluding hydrogens is 731 g/mol. The van der Waals surface area contributed by atoms with Crippen LogP contribution in [0, 0.1) is 0 Å². The van der Waals surface area contributed by atoms with Gasteiger partial charge in [-0.2, -0.15) is 0 Å². The zero-order valence-corrected chi connectivity index (χ0v) is 32.6. The first-order valence-corrected chi connectivity index (χ1v) is 20.4. The number of hydrogen-bond donors (Lipinski definition) is 0. The van der Waals surface area contributed by atoms with Crippen LogP contribution in [0.4, 0.5) is 17.1 Å². The summed E-state index contributed by atoms with van der Waals surface area (Å²) in [6, 6.07) is 80.3. The summed E-state index contributed by atoms with van der Waals surface area (Å²) in [4.78, 5) is 7.72. The molecule has 0 unspecified atom stereocenters. The second kappa shape index (κ2) is 13.8. The molecule has 5 heteroatoms. The fraction of sp³-hybridized carbons (Fsp3) is 0. The van der Waals surface area contributed by atoms with Crippen molar-refractivity contribution in [1.82, 2.24) is 18.5 Å². The predicted molar refractivity (Wildman–Crippen MR) is 249 cm³/mol. The van der Waals surface area contributed by atoms with Gasteiger partial charge < -0.3 is 9.47 Å². The molecule has 0 aliphatic rings. The molecule has 3 heterocycles. The molecule has 0 saturated carbocycles. The third kappa shape index (κ3) is 5.37. The van der Waals surface area contributed by atoms with Crippen molar-refractivity contribution in [2.45, 2.75) is 0 Å². The average Bonchev–Trinajstić information content (AvgIpc) is 3.97. The Morgan fingerprint density at radius 1 is 0.350 bits per heavy atom. The molecule has 0 fully saturated rings. The Balaban J connectivity index is 1.10. The molecule has 0 saturated heterocycles. The van der Waals surface area contributed by atoms with E-state index in [0.717, 1.165) is 61.8 Å². The first-order valence-electron chi connectivity index (χ1n) is 20.4. The maximum atomic E-state index is 5.36. The fourth-order valence-electron chi connectivity index (χ4n) is 9.11. The molecule has 282 valence electrons. The molecule has 0 spiro atoms. The van der Waals surface area contributed by atoms with Crippen molar-refractivity contribution in [2.24, 2.45) is 0 Å². The van der Waals surface area contributed by atoms with Gasteiger partial charge in [-0.3, -0.25) is 8.97 Å². The summed E-state index contributed by atoms with van der Waals surface area (Å²) in [5, 5.41) is 2.41. The van der Waals surface area contributed by atoms with E-state index < -0.39 is 0 Å². The van der Waals surface area contributed by atoms with Gasteiger partial charge in [0.1, 0.15) is 0 Å². The lowest BCUT2D eigenvalue weighted by atomic mass is 10.0. The second-order valence-corrected chi connectivity index (χ2v) is 15.3. The van der Waals surface area contributed by atoms with Crippen molar-refractivity contribution in [2.75, 3.05) is 4.90 Å². The maximum Gasteiger partial charge on any atom is 0.220 e. The van der Waals surface area contributed by atoms with Gasteiger partial charge in [-0.25, -0.2) is 4.98 Å². The fourth-order valence-corrected chi connectivity index (χ4v) is 9.11. The molecule has 0 aliphatic heterocycles. The standard InChI is InChI=1S/C55H37N5/c1-4-15-38(16-5-1)40-27-31-43(32-28-40)57(44-33-29-41(30-34-44)39-17-6-2-7-18-39)45-35-36-51-53(37-45)59-50-25-13-11-23-48(50)56-55(59)60(51)52-26-14-22-47-46-21-10-12-24-49(46)58(54(47)52)42-19-8-3-9-20-42/h1-37H. The number of nitrogens with zero attached hydrogens (tertiary/aromatic N) is 5. The van der Waals surface area contributed by atoms with Crippen molar-refractivity contribution in [3.63, 3.8) is 0 Å². The highest BCUT2D eigenvalue weighted by atomic mass is 15.2. The molecule has 12 rings (SSSR count). The van der Waals surface area contributed by atoms with Gasteiger partial charge in [-0.1, -0.05) is 146 Å². The molecule has 0 N–H and O–H groups in total. The Bertz CT molecular complexity index is 3420. The third-order valence-corrected chi connectivity index (χ3v) is 11.8. The summed E-state index contributed by atoms with van der Waals surface area (Å²) in [5.74, 6) is 0.867. The Morgan fingerprint density at radius 2 is 0.883 bits per heavy atom. The number of fused-ring (bicyclic) bond motifs is 8. The number of benzene rings is 9. The summed E-state index contributed by atoms with van der Waals surface area (Å²) >= 11 is 0. The van der Waals surface area contributed by atoms with Gasteiger partial charge in [0.25, 0.3) is 0 Å². The smallest absolute Gasteiger partial charge is 0.220 e. The SMILES string of the molecule is c1ccc(-c2ccc(N(c3ccc(-c4ccccc4)cc3)c3ccc4c(c3)n3c5ccccc5nc3n4-c3cccc4c5ccccc5n(-c5ccccc5)c34)cc2)cc1. The van der Waals surface area contributed by atoms with Crippen LogP contribution in [0.5, 0.6) is 0 Å². The van der Waals surface area contributed by atoms with Crippen LogP contribution in [0.3, 0.4) is 0 Å². The van der Waals surface area contributed by atoms with Gasteiger partial charge >= 0.3 is 0 Å². The summed E-state index contributed by atoms with van der Waals surface area (Å²) in [7, 11) is 0. The van der Waals surface area contributed by atoms with Crippen LogP contribution in [0.2, 0.25) is 0 Å². The van der Waals surface area contributed by atoms with Crippen molar-refractivity contribution in [1.29, 1.82) is 0 Å². The topological polar surface area (TPSA) is 30.4 Å². The van der Waals surface area contributed by atoms with E-state index in [9.17, 15) is 0 Å². The molecular formula is C55H37N5. The van der Waals surface area contributed by atoms with Crippen LogP contribution >= 0.6 is 0 Å². The van der Waals surface area contributed by atoms with Crippen LogP contribution in [0.1, 0.15) is 0 Å². The molecule has 60 heavy (non-hydrogen) atoms. The summed E-state index contributed by atoms with van der Waals surface area (Å²) in [6.07, 6.45) is 0. The number of imidazole rings is 2. The van der Waals surface area contributed by atoms with E-state index in [-0.39, 0.29) is 0 Å². The van der Waals surface area contributed by atoms with Crippen LogP contribution in [-0.4, -0.2) is 18.5 Å². The highest BCUT2D eigenvalue weighted by Gasteiger charge is 2.24. The van der Waals surface area contributed by atoms with Crippen LogP contribution < -0.4 is 4.90 Å². The Labute approximate surface area is 346 Å². The zero-order valence-electron chi connectivity index (χ0n) is 32.6. The van der Waals surface area contributed by atoms with Gasteiger partial charge in [0.05, 0.1) is 38.8 Å². The highest BCUT2D eigenvalue weighted by molar-refractivity contribution is 6.12. The monoisotopic (exact) mass is 767 g/mol. The van der Waals surface area contributed by atoms with E-state index in [2.05, 4.69) is 243 Å². The minimum atomic E-state index is 0.867. The molecule has 0 radical (unpaired) electrons. The molecule has 9 aromatic carbocycles. The van der Waals surface area contributed by atoms with Crippen molar-refractivity contribution in [3.8, 4) is 33.6 Å².